The zero-order chi connectivity index (χ0) is 60.6. The van der Waals surface area contributed by atoms with Crippen LogP contribution in [0.3, 0.4) is 0 Å². The Morgan fingerprint density at radius 3 is 0.955 bits per heavy atom. The van der Waals surface area contributed by atoms with Gasteiger partial charge in [0.15, 0.2) is 0 Å². The van der Waals surface area contributed by atoms with E-state index in [1.807, 2.05) is 146 Å². The van der Waals surface area contributed by atoms with Crippen LogP contribution in [0.1, 0.15) is 65.7 Å². The molecule has 2 amide bonds. The fourth-order valence-corrected chi connectivity index (χ4v) is 11.1. The molecule has 1 atom stereocenters. The van der Waals surface area contributed by atoms with Gasteiger partial charge in [0.2, 0.25) is 0 Å². The third kappa shape index (κ3) is 15.2. The largest absolute Gasteiger partial charge is 0.406 e. The number of rotatable bonds is 22. The van der Waals surface area contributed by atoms with Crippen LogP contribution in [0, 0.1) is 0 Å². The highest BCUT2D eigenvalue weighted by Crippen LogP contribution is 2.25. The second kappa shape index (κ2) is 29.0. The van der Waals surface area contributed by atoms with Gasteiger partial charge < -0.3 is 19.4 Å². The molecule has 2 aliphatic heterocycles. The minimum Gasteiger partial charge on any atom is -0.406 e. The normalized spacial score (nSPS) is 15.5. The van der Waals surface area contributed by atoms with E-state index in [0.717, 1.165) is 22.3 Å². The van der Waals surface area contributed by atoms with Gasteiger partial charge in [-0.3, -0.25) is 53.3 Å². The van der Waals surface area contributed by atoms with Crippen LogP contribution in [0.25, 0.3) is 0 Å². The lowest BCUT2D eigenvalue weighted by Gasteiger charge is -2.40. The Kier molecular flexibility index (Phi) is 19.7. The van der Waals surface area contributed by atoms with Crippen molar-refractivity contribution in [2.45, 2.75) is 58.6 Å². The molecule has 19 heteroatoms. The lowest BCUT2D eigenvalue weighted by Crippen LogP contribution is -2.54. The summed E-state index contributed by atoms with van der Waals surface area (Å²) in [6.07, 6.45) is 0. The number of carbonyl (C=O) groups excluding carboxylic acids is 2. The third-order valence-corrected chi connectivity index (χ3v) is 15.7. The number of fused-ring (bicyclic) bond motifs is 1. The number of benzene rings is 5. The van der Waals surface area contributed by atoms with Crippen molar-refractivity contribution in [2.75, 3.05) is 52.4 Å². The first kappa shape index (κ1) is 59.8. The topological polar surface area (TPSA) is 175 Å². The Morgan fingerprint density at radius 2 is 0.602 bits per heavy atom. The van der Waals surface area contributed by atoms with Crippen molar-refractivity contribution in [3.63, 3.8) is 0 Å². The molecule has 5 aromatic carbocycles. The number of hydrogen-bond acceptors (Lipinski definition) is 14. The Labute approximate surface area is 509 Å². The van der Waals surface area contributed by atoms with Crippen molar-refractivity contribution in [1.82, 2.24) is 43.4 Å². The van der Waals surface area contributed by atoms with Crippen molar-refractivity contribution in [1.29, 1.82) is 0 Å². The molecule has 1 unspecified atom stereocenters. The maximum Gasteiger partial charge on any atom is 0.283 e. The van der Waals surface area contributed by atoms with Gasteiger partial charge in [-0.15, -0.1) is 18.9 Å². The summed E-state index contributed by atoms with van der Waals surface area (Å²) >= 11 is 0. The second-order valence-electron chi connectivity index (χ2n) is 21.8. The Balaban J connectivity index is 1.00. The van der Waals surface area contributed by atoms with Gasteiger partial charge in [0.25, 0.3) is 34.1 Å². The van der Waals surface area contributed by atoms with E-state index < -0.39 is 17.9 Å². The fraction of sp³-hybridized carbons (Fsp3) is 0.246. The highest BCUT2D eigenvalue weighted by molar-refractivity contribution is 6.21. The molecule has 0 radical (unpaired) electrons. The SMILES string of the molecule is O=C1c2ccccc2C(=O)N1CC1CN(Cc2cccc(=O)n2OCc2ccccc2)CCN(Cc2cccc(=O)n2OCc2ccccc2)CCN(Cc2cccc(=O)n2OCc2ccccc2)CCN1Cc1cccc(=O)n1OCc1ccccc1. The lowest BCUT2D eigenvalue weighted by molar-refractivity contribution is 0.0355. The van der Waals surface area contributed by atoms with Crippen molar-refractivity contribution in [3.8, 4) is 0 Å². The zero-order valence-electron chi connectivity index (χ0n) is 48.8. The van der Waals surface area contributed by atoms with Gasteiger partial charge in [0.1, 0.15) is 26.4 Å². The Bertz CT molecular complexity index is 4010. The fourth-order valence-electron chi connectivity index (χ4n) is 11.1. The lowest BCUT2D eigenvalue weighted by atomic mass is 10.1. The molecule has 6 heterocycles. The first-order valence-electron chi connectivity index (χ1n) is 29.5. The van der Waals surface area contributed by atoms with Crippen molar-refractivity contribution >= 4 is 11.8 Å². The van der Waals surface area contributed by atoms with Crippen molar-refractivity contribution < 1.29 is 28.9 Å². The molecule has 0 spiro atoms. The number of hydrogen-bond donors (Lipinski definition) is 0. The molecule has 0 bridgehead atoms. The first-order chi connectivity index (χ1) is 43.1. The Morgan fingerprint density at radius 1 is 0.307 bits per heavy atom. The smallest absolute Gasteiger partial charge is 0.283 e. The van der Waals surface area contributed by atoms with Crippen LogP contribution in [0.15, 0.2) is 238 Å². The summed E-state index contributed by atoms with van der Waals surface area (Å²) < 4.78 is 5.32. The predicted molar refractivity (Wildman–Crippen MR) is 332 cm³/mol. The maximum atomic E-state index is 14.6. The molecule has 19 nitrogen and oxygen atoms in total. The molecule has 9 aromatic rings. The minimum absolute atomic E-state index is 0.0683. The molecule has 1 saturated heterocycles. The molecule has 2 aliphatic rings. The number of carbonyl (C=O) groups is 2. The monoisotopic (exact) mass is 1180 g/mol. The predicted octanol–water partition coefficient (Wildman–Crippen LogP) is 5.84. The van der Waals surface area contributed by atoms with Gasteiger partial charge >= 0.3 is 0 Å². The van der Waals surface area contributed by atoms with E-state index in [9.17, 15) is 28.8 Å². The number of imide groups is 1. The van der Waals surface area contributed by atoms with Crippen molar-refractivity contribution in [2.24, 2.45) is 0 Å². The van der Waals surface area contributed by atoms with Crippen LogP contribution in [-0.4, -0.2) is 114 Å². The molecular weight excluding hydrogens is 1110 g/mol. The second-order valence-corrected chi connectivity index (χ2v) is 21.8. The number of aromatic nitrogens is 4. The summed E-state index contributed by atoms with van der Waals surface area (Å²) in [4.78, 5) is 120. The van der Waals surface area contributed by atoms with E-state index in [-0.39, 0.29) is 87.9 Å². The highest BCUT2D eigenvalue weighted by atomic mass is 16.7. The molecule has 88 heavy (non-hydrogen) atoms. The number of pyridine rings is 4. The van der Waals surface area contributed by atoms with E-state index in [0.29, 0.717) is 73.2 Å². The summed E-state index contributed by atoms with van der Waals surface area (Å²) in [7, 11) is 0. The van der Waals surface area contributed by atoms with Crippen LogP contribution < -0.4 is 41.6 Å². The molecule has 0 aliphatic carbocycles. The molecular formula is C69H69N9O10. The van der Waals surface area contributed by atoms with E-state index in [4.69, 9.17) is 19.4 Å². The van der Waals surface area contributed by atoms with Gasteiger partial charge in [-0.05, 0) is 58.7 Å². The Hall–Kier alpha value is -9.92. The zero-order valence-corrected chi connectivity index (χ0v) is 48.8. The summed E-state index contributed by atoms with van der Waals surface area (Å²) in [6.45, 7) is 3.79. The van der Waals surface area contributed by atoms with E-state index >= 15 is 0 Å². The minimum atomic E-state index is -0.654. The van der Waals surface area contributed by atoms with Crippen LogP contribution in [-0.2, 0) is 52.6 Å². The van der Waals surface area contributed by atoms with Gasteiger partial charge in [0.05, 0.1) is 33.9 Å². The number of amides is 2. The summed E-state index contributed by atoms with van der Waals surface area (Å²) in [5.41, 5.74) is 4.98. The molecule has 450 valence electrons. The van der Waals surface area contributed by atoms with Crippen LogP contribution in [0.2, 0.25) is 0 Å². The van der Waals surface area contributed by atoms with Crippen LogP contribution in [0.5, 0.6) is 0 Å². The van der Waals surface area contributed by atoms with Gasteiger partial charge in [-0.1, -0.05) is 158 Å². The summed E-state index contributed by atoms with van der Waals surface area (Å²) in [6, 6.07) is 64.6. The standard InChI is InChI=1S/C69H69N9O10/c79-64-33-15-27-57(75(64)85-49-53-19-5-1-6-20-53)43-70-37-38-71(44-58-28-16-34-65(80)76(58)86-50-54-21-7-2-8-22-54)41-42-73(47-60-30-18-36-67(82)78(60)88-52-56-25-11-4-12-26-56)61(48-74-68(83)62-31-13-14-32-63(62)69(74)84)46-72(40-39-70)45-59-29-17-35-66(81)77(59)87-51-55-23-9-3-10-24-55/h1-36,61H,37-52H2. The first-order valence-corrected chi connectivity index (χ1v) is 29.5. The summed E-state index contributed by atoms with van der Waals surface area (Å²) in [5, 5.41) is 0. The molecule has 4 aromatic heterocycles. The molecule has 0 saturated carbocycles. The van der Waals surface area contributed by atoms with Crippen molar-refractivity contribution in [3.05, 3.63) is 316 Å². The van der Waals surface area contributed by atoms with Crippen LogP contribution in [0.4, 0.5) is 0 Å². The molecule has 0 N–H and O–H groups in total. The van der Waals surface area contributed by atoms with Gasteiger partial charge in [0, 0.05) is 109 Å². The maximum absolute atomic E-state index is 14.6. The quantitative estimate of drug-likeness (QED) is 0.0741. The average Bonchev–Trinajstić information content (AvgIpc) is 2.56. The number of nitrogens with zero attached hydrogens (tertiary/aromatic N) is 9. The van der Waals surface area contributed by atoms with E-state index in [1.165, 1.54) is 48.1 Å². The van der Waals surface area contributed by atoms with Gasteiger partial charge in [-0.2, -0.15) is 0 Å². The molecule has 1 fully saturated rings. The van der Waals surface area contributed by atoms with E-state index in [1.54, 1.807) is 48.5 Å². The summed E-state index contributed by atoms with van der Waals surface area (Å²) in [5.74, 6) is -0.859. The molecule has 11 rings (SSSR count). The van der Waals surface area contributed by atoms with E-state index in [2.05, 4.69) is 19.6 Å². The average molecular weight is 1180 g/mol. The third-order valence-electron chi connectivity index (χ3n) is 15.7. The highest BCUT2D eigenvalue weighted by Gasteiger charge is 2.39. The van der Waals surface area contributed by atoms with Crippen LogP contribution >= 0.6 is 0 Å². The van der Waals surface area contributed by atoms with Gasteiger partial charge in [-0.25, -0.2) is 0 Å².